The first-order valence-electron chi connectivity index (χ1n) is 5.96. The van der Waals surface area contributed by atoms with Crippen molar-refractivity contribution in [3.8, 4) is 0 Å². The van der Waals surface area contributed by atoms with Gasteiger partial charge < -0.3 is 5.43 Å². The van der Waals surface area contributed by atoms with Crippen LogP contribution in [0.15, 0.2) is 6.07 Å². The van der Waals surface area contributed by atoms with Gasteiger partial charge in [0.25, 0.3) is 0 Å². The van der Waals surface area contributed by atoms with E-state index in [1.54, 1.807) is 11.3 Å². The van der Waals surface area contributed by atoms with E-state index in [2.05, 4.69) is 42.2 Å². The van der Waals surface area contributed by atoms with Gasteiger partial charge in [0.15, 0.2) is 5.82 Å². The summed E-state index contributed by atoms with van der Waals surface area (Å²) in [6, 6.07) is 2.12. The quantitative estimate of drug-likeness (QED) is 0.646. The van der Waals surface area contributed by atoms with Gasteiger partial charge in [0, 0.05) is 10.8 Å². The van der Waals surface area contributed by atoms with Crippen molar-refractivity contribution in [3.63, 3.8) is 0 Å². The fourth-order valence-electron chi connectivity index (χ4n) is 1.68. The van der Waals surface area contributed by atoms with Crippen LogP contribution >= 0.6 is 11.3 Å². The van der Waals surface area contributed by atoms with Crippen LogP contribution in [0.1, 0.15) is 43.8 Å². The van der Waals surface area contributed by atoms with Gasteiger partial charge in [0.2, 0.25) is 0 Å². The molecule has 0 fully saturated rings. The SMILES string of the molecule is CCc1cc2c(NN)nc(C(C)CC)nc2s1. The molecule has 5 heteroatoms. The number of hydrazine groups is 1. The molecule has 0 radical (unpaired) electrons. The highest BCUT2D eigenvalue weighted by Gasteiger charge is 2.13. The van der Waals surface area contributed by atoms with Crippen molar-refractivity contribution in [2.75, 3.05) is 5.43 Å². The lowest BCUT2D eigenvalue weighted by atomic mass is 10.1. The lowest BCUT2D eigenvalue weighted by Crippen LogP contribution is -2.11. The van der Waals surface area contributed by atoms with Gasteiger partial charge in [-0.05, 0) is 18.9 Å². The largest absolute Gasteiger partial charge is 0.308 e. The number of rotatable bonds is 4. The van der Waals surface area contributed by atoms with Crippen molar-refractivity contribution in [1.82, 2.24) is 9.97 Å². The molecule has 0 saturated heterocycles. The summed E-state index contributed by atoms with van der Waals surface area (Å²) >= 11 is 1.72. The highest BCUT2D eigenvalue weighted by molar-refractivity contribution is 7.18. The Morgan fingerprint density at radius 2 is 2.18 bits per heavy atom. The molecule has 0 aliphatic carbocycles. The number of thiophene rings is 1. The summed E-state index contributed by atoms with van der Waals surface area (Å²) in [5.41, 5.74) is 2.68. The summed E-state index contributed by atoms with van der Waals surface area (Å²) < 4.78 is 0. The molecule has 4 nitrogen and oxygen atoms in total. The van der Waals surface area contributed by atoms with Gasteiger partial charge >= 0.3 is 0 Å². The van der Waals surface area contributed by atoms with E-state index < -0.39 is 0 Å². The fourth-order valence-corrected chi connectivity index (χ4v) is 2.65. The summed E-state index contributed by atoms with van der Waals surface area (Å²) in [7, 11) is 0. The number of nitrogen functional groups attached to an aromatic ring is 1. The van der Waals surface area contributed by atoms with Crippen LogP contribution in [0.3, 0.4) is 0 Å². The summed E-state index contributed by atoms with van der Waals surface area (Å²) in [5.74, 6) is 7.51. The molecule has 0 saturated carbocycles. The molecule has 1 atom stereocenters. The second kappa shape index (κ2) is 4.98. The zero-order chi connectivity index (χ0) is 12.4. The molecule has 17 heavy (non-hydrogen) atoms. The Hall–Kier alpha value is -1.20. The lowest BCUT2D eigenvalue weighted by Gasteiger charge is -2.09. The highest BCUT2D eigenvalue weighted by atomic mass is 32.1. The molecule has 0 spiro atoms. The topological polar surface area (TPSA) is 63.8 Å². The normalized spacial score (nSPS) is 12.9. The van der Waals surface area contributed by atoms with Gasteiger partial charge in [-0.15, -0.1) is 11.3 Å². The summed E-state index contributed by atoms with van der Waals surface area (Å²) in [5, 5.41) is 1.03. The van der Waals surface area contributed by atoms with Crippen molar-refractivity contribution in [3.05, 3.63) is 16.8 Å². The number of anilines is 1. The van der Waals surface area contributed by atoms with E-state index in [0.29, 0.717) is 5.92 Å². The average molecular weight is 250 g/mol. The van der Waals surface area contributed by atoms with Crippen LogP contribution in [0.4, 0.5) is 5.82 Å². The Kier molecular flexibility index (Phi) is 3.59. The van der Waals surface area contributed by atoms with Crippen LogP contribution in [-0.4, -0.2) is 9.97 Å². The van der Waals surface area contributed by atoms with E-state index in [9.17, 15) is 0 Å². The predicted octanol–water partition coefficient (Wildman–Crippen LogP) is 3.05. The highest BCUT2D eigenvalue weighted by Crippen LogP contribution is 2.30. The maximum Gasteiger partial charge on any atom is 0.152 e. The Morgan fingerprint density at radius 3 is 2.76 bits per heavy atom. The zero-order valence-electron chi connectivity index (χ0n) is 10.4. The first-order chi connectivity index (χ1) is 8.19. The number of hydrogen-bond acceptors (Lipinski definition) is 5. The number of nitrogens with two attached hydrogens (primary N) is 1. The summed E-state index contributed by atoms with van der Waals surface area (Å²) in [6.07, 6.45) is 2.05. The molecule has 3 N–H and O–H groups in total. The van der Waals surface area contributed by atoms with Crippen molar-refractivity contribution in [1.29, 1.82) is 0 Å². The Labute approximate surface area is 105 Å². The molecule has 0 aromatic carbocycles. The maximum absolute atomic E-state index is 5.54. The zero-order valence-corrected chi connectivity index (χ0v) is 11.3. The van der Waals surface area contributed by atoms with Gasteiger partial charge in [0.1, 0.15) is 10.7 Å². The van der Waals surface area contributed by atoms with Gasteiger partial charge in [-0.25, -0.2) is 15.8 Å². The number of aryl methyl sites for hydroxylation is 1. The molecule has 2 aromatic rings. The fraction of sp³-hybridized carbons (Fsp3) is 0.500. The van der Waals surface area contributed by atoms with Crippen molar-refractivity contribution in [2.24, 2.45) is 5.84 Å². The minimum Gasteiger partial charge on any atom is -0.308 e. The van der Waals surface area contributed by atoms with Gasteiger partial charge in [0.05, 0.1) is 5.39 Å². The summed E-state index contributed by atoms with van der Waals surface area (Å²) in [6.45, 7) is 6.42. The molecule has 0 aliphatic rings. The molecular weight excluding hydrogens is 232 g/mol. The van der Waals surface area contributed by atoms with E-state index in [1.807, 2.05) is 0 Å². The van der Waals surface area contributed by atoms with Crippen molar-refractivity contribution < 1.29 is 0 Å². The number of nitrogens with one attached hydrogen (secondary N) is 1. The second-order valence-corrected chi connectivity index (χ2v) is 5.28. The first-order valence-corrected chi connectivity index (χ1v) is 6.78. The van der Waals surface area contributed by atoms with E-state index in [1.165, 1.54) is 4.88 Å². The number of aromatic nitrogens is 2. The molecule has 2 aromatic heterocycles. The first kappa shape index (κ1) is 12.3. The predicted molar refractivity (Wildman–Crippen MR) is 73.3 cm³/mol. The molecule has 0 amide bonds. The summed E-state index contributed by atoms with van der Waals surface area (Å²) in [4.78, 5) is 11.5. The van der Waals surface area contributed by atoms with E-state index in [4.69, 9.17) is 5.84 Å². The molecule has 0 bridgehead atoms. The molecule has 2 rings (SSSR count). The Balaban J connectivity index is 2.59. The third-order valence-electron chi connectivity index (χ3n) is 3.00. The van der Waals surface area contributed by atoms with Crippen LogP contribution in [0.5, 0.6) is 0 Å². The smallest absolute Gasteiger partial charge is 0.152 e. The van der Waals surface area contributed by atoms with Crippen LogP contribution in [0, 0.1) is 0 Å². The second-order valence-electron chi connectivity index (χ2n) is 4.17. The van der Waals surface area contributed by atoms with Gasteiger partial charge in [-0.2, -0.15) is 0 Å². The van der Waals surface area contributed by atoms with Gasteiger partial charge in [-0.1, -0.05) is 20.8 Å². The van der Waals surface area contributed by atoms with Crippen molar-refractivity contribution >= 4 is 27.4 Å². The van der Waals surface area contributed by atoms with Crippen LogP contribution in [0.25, 0.3) is 10.2 Å². The third-order valence-corrected chi connectivity index (χ3v) is 4.17. The number of fused-ring (bicyclic) bond motifs is 1. The van der Waals surface area contributed by atoms with Gasteiger partial charge in [-0.3, -0.25) is 0 Å². The minimum absolute atomic E-state index is 0.360. The number of hydrogen-bond donors (Lipinski definition) is 2. The average Bonchev–Trinajstić information content (AvgIpc) is 2.79. The van der Waals surface area contributed by atoms with E-state index in [0.717, 1.165) is 34.7 Å². The minimum atomic E-state index is 0.360. The van der Waals surface area contributed by atoms with Crippen molar-refractivity contribution in [2.45, 2.75) is 39.5 Å². The van der Waals surface area contributed by atoms with E-state index in [-0.39, 0.29) is 0 Å². The lowest BCUT2D eigenvalue weighted by molar-refractivity contribution is 0.684. The third kappa shape index (κ3) is 2.25. The molecule has 1 unspecified atom stereocenters. The van der Waals surface area contributed by atoms with Crippen LogP contribution in [0.2, 0.25) is 0 Å². The Morgan fingerprint density at radius 1 is 1.41 bits per heavy atom. The van der Waals surface area contributed by atoms with Crippen LogP contribution in [-0.2, 0) is 6.42 Å². The standard InChI is InChI=1S/C12H18N4S/c1-4-7(3)10-14-11(16-13)9-6-8(5-2)17-12(9)15-10/h6-7H,4-5,13H2,1-3H3,(H,14,15,16). The van der Waals surface area contributed by atoms with E-state index >= 15 is 0 Å². The Bertz CT molecular complexity index is 520. The maximum atomic E-state index is 5.54. The number of nitrogens with zero attached hydrogens (tertiary/aromatic N) is 2. The van der Waals surface area contributed by atoms with Crippen LogP contribution < -0.4 is 11.3 Å². The monoisotopic (exact) mass is 250 g/mol. The molecule has 2 heterocycles. The molecular formula is C12H18N4S. The molecule has 92 valence electrons. The molecule has 0 aliphatic heterocycles.